The summed E-state index contributed by atoms with van der Waals surface area (Å²) in [6, 6.07) is 5.85. The van der Waals surface area contributed by atoms with Crippen LogP contribution in [0.25, 0.3) is 0 Å². The lowest BCUT2D eigenvalue weighted by Gasteiger charge is -2.27. The van der Waals surface area contributed by atoms with E-state index in [2.05, 4.69) is 15.6 Å². The molecule has 1 atom stereocenters. The third-order valence-corrected chi connectivity index (χ3v) is 3.61. The number of carbonyl (C=O) groups is 1. The van der Waals surface area contributed by atoms with Crippen molar-refractivity contribution in [2.45, 2.75) is 6.04 Å². The predicted octanol–water partition coefficient (Wildman–Crippen LogP) is 0.307. The van der Waals surface area contributed by atoms with Gasteiger partial charge >= 0.3 is 11.7 Å². The Hall–Kier alpha value is -3.03. The van der Waals surface area contributed by atoms with Gasteiger partial charge in [-0.05, 0) is 17.7 Å². The Morgan fingerprint density at radius 2 is 1.82 bits per heavy atom. The van der Waals surface area contributed by atoms with Crippen LogP contribution in [-0.2, 0) is 7.05 Å². The van der Waals surface area contributed by atoms with Crippen molar-refractivity contribution < 1.29 is 9.53 Å². The molecule has 3 rings (SSSR count). The van der Waals surface area contributed by atoms with Crippen molar-refractivity contribution in [3.8, 4) is 5.75 Å². The van der Waals surface area contributed by atoms with Gasteiger partial charge in [-0.1, -0.05) is 12.1 Å². The molecular weight excluding hydrogens is 288 g/mol. The summed E-state index contributed by atoms with van der Waals surface area (Å²) in [4.78, 5) is 37.9. The van der Waals surface area contributed by atoms with Gasteiger partial charge in [-0.15, -0.1) is 0 Å². The lowest BCUT2D eigenvalue weighted by atomic mass is 9.98. The van der Waals surface area contributed by atoms with Gasteiger partial charge < -0.3 is 10.1 Å². The van der Waals surface area contributed by atoms with E-state index < -0.39 is 23.3 Å². The number of aromatic nitrogens is 2. The van der Waals surface area contributed by atoms with Crippen LogP contribution in [0.2, 0.25) is 0 Å². The fraction of sp³-hybridized carbons (Fsp3) is 0.214. The van der Waals surface area contributed by atoms with Crippen molar-refractivity contribution >= 4 is 11.8 Å². The molecule has 1 aliphatic heterocycles. The maximum atomic E-state index is 12.2. The third-order valence-electron chi connectivity index (χ3n) is 3.61. The van der Waals surface area contributed by atoms with E-state index in [-0.39, 0.29) is 11.4 Å². The van der Waals surface area contributed by atoms with E-state index in [4.69, 9.17) is 4.74 Å². The molecule has 0 saturated heterocycles. The van der Waals surface area contributed by atoms with Crippen LogP contribution in [0.15, 0.2) is 33.9 Å². The van der Waals surface area contributed by atoms with E-state index in [1.807, 2.05) is 0 Å². The maximum Gasteiger partial charge on any atom is 0.329 e. The smallest absolute Gasteiger partial charge is 0.329 e. The molecule has 0 saturated carbocycles. The zero-order chi connectivity index (χ0) is 15.9. The molecule has 114 valence electrons. The molecule has 8 heteroatoms. The quantitative estimate of drug-likeness (QED) is 0.742. The number of benzene rings is 1. The molecule has 0 bridgehead atoms. The maximum absolute atomic E-state index is 12.2. The first kappa shape index (κ1) is 13.9. The largest absolute Gasteiger partial charge is 0.497 e. The van der Waals surface area contributed by atoms with E-state index in [9.17, 15) is 14.4 Å². The number of carbonyl (C=O) groups excluding carboxylic acids is 1. The van der Waals surface area contributed by atoms with Crippen molar-refractivity contribution in [2.24, 2.45) is 7.05 Å². The van der Waals surface area contributed by atoms with E-state index in [1.54, 1.807) is 31.4 Å². The fourth-order valence-corrected chi connectivity index (χ4v) is 2.45. The van der Waals surface area contributed by atoms with Crippen LogP contribution in [0.3, 0.4) is 0 Å². The SMILES string of the molecule is COc1ccc([C@H]2NC(=O)Nc3c2c(=O)[nH]c(=O)n3C)cc1. The summed E-state index contributed by atoms with van der Waals surface area (Å²) in [5.74, 6) is 0.858. The highest BCUT2D eigenvalue weighted by Crippen LogP contribution is 2.28. The van der Waals surface area contributed by atoms with Crippen molar-refractivity contribution in [3.63, 3.8) is 0 Å². The van der Waals surface area contributed by atoms with Gasteiger partial charge in [-0.2, -0.15) is 0 Å². The van der Waals surface area contributed by atoms with Crippen LogP contribution in [-0.4, -0.2) is 22.7 Å². The van der Waals surface area contributed by atoms with Crippen LogP contribution >= 0.6 is 0 Å². The topological polar surface area (TPSA) is 105 Å². The third kappa shape index (κ3) is 2.14. The zero-order valence-corrected chi connectivity index (χ0v) is 12.0. The van der Waals surface area contributed by atoms with Gasteiger partial charge in [-0.25, -0.2) is 9.59 Å². The van der Waals surface area contributed by atoms with Crippen molar-refractivity contribution in [1.82, 2.24) is 14.9 Å². The van der Waals surface area contributed by atoms with Gasteiger partial charge in [0, 0.05) is 7.05 Å². The highest BCUT2D eigenvalue weighted by Gasteiger charge is 2.30. The Labute approximate surface area is 124 Å². The average molecular weight is 302 g/mol. The number of aromatic amines is 1. The first-order valence-electron chi connectivity index (χ1n) is 6.56. The molecule has 0 aliphatic carbocycles. The van der Waals surface area contributed by atoms with E-state index in [0.717, 1.165) is 0 Å². The molecule has 1 aliphatic rings. The number of hydrogen-bond acceptors (Lipinski definition) is 4. The molecule has 8 nitrogen and oxygen atoms in total. The molecule has 2 heterocycles. The highest BCUT2D eigenvalue weighted by molar-refractivity contribution is 5.92. The molecule has 1 aromatic carbocycles. The lowest BCUT2D eigenvalue weighted by Crippen LogP contribution is -2.46. The van der Waals surface area contributed by atoms with Crippen molar-refractivity contribution in [1.29, 1.82) is 0 Å². The second-order valence-electron chi connectivity index (χ2n) is 4.89. The molecule has 0 unspecified atom stereocenters. The number of anilines is 1. The highest BCUT2D eigenvalue weighted by atomic mass is 16.5. The number of H-pyrrole nitrogens is 1. The number of methoxy groups -OCH3 is 1. The molecule has 0 spiro atoms. The summed E-state index contributed by atoms with van der Waals surface area (Å²) in [6.07, 6.45) is 0. The number of amides is 2. The molecule has 0 fully saturated rings. The van der Waals surface area contributed by atoms with Crippen LogP contribution in [0.4, 0.5) is 10.6 Å². The van der Waals surface area contributed by atoms with Gasteiger partial charge in [0.15, 0.2) is 0 Å². The monoisotopic (exact) mass is 302 g/mol. The van der Waals surface area contributed by atoms with Gasteiger partial charge in [0.05, 0.1) is 18.7 Å². The second-order valence-corrected chi connectivity index (χ2v) is 4.89. The summed E-state index contributed by atoms with van der Waals surface area (Å²) in [5, 5.41) is 5.19. The Morgan fingerprint density at radius 3 is 2.45 bits per heavy atom. The van der Waals surface area contributed by atoms with Crippen LogP contribution in [0, 0.1) is 0 Å². The van der Waals surface area contributed by atoms with Crippen LogP contribution in [0.5, 0.6) is 5.75 Å². The molecule has 3 N–H and O–H groups in total. The molecule has 0 radical (unpaired) electrons. The standard InChI is InChI=1S/C14H14N4O4/c1-18-11-9(12(19)17-14(18)21)10(15-13(20)16-11)7-3-5-8(22-2)6-4-7/h3-6,10H,1-2H3,(H2,15,16,20)(H,17,19,21)/t10-/m1/s1. The zero-order valence-electron chi connectivity index (χ0n) is 12.0. The molecule has 2 amide bonds. The fourth-order valence-electron chi connectivity index (χ4n) is 2.45. The molecule has 22 heavy (non-hydrogen) atoms. The number of fused-ring (bicyclic) bond motifs is 1. The van der Waals surface area contributed by atoms with E-state index in [1.165, 1.54) is 11.6 Å². The minimum absolute atomic E-state index is 0.193. The van der Waals surface area contributed by atoms with Crippen molar-refractivity contribution in [3.05, 3.63) is 56.2 Å². The summed E-state index contributed by atoms with van der Waals surface area (Å²) in [6.45, 7) is 0. The summed E-state index contributed by atoms with van der Waals surface area (Å²) in [5.41, 5.74) is -0.126. The van der Waals surface area contributed by atoms with Gasteiger partial charge in [-0.3, -0.25) is 19.7 Å². The lowest BCUT2D eigenvalue weighted by molar-refractivity contribution is 0.248. The molecular formula is C14H14N4O4. The van der Waals surface area contributed by atoms with Crippen LogP contribution < -0.4 is 26.6 Å². The average Bonchev–Trinajstić information content (AvgIpc) is 2.52. The normalized spacial score (nSPS) is 16.5. The Balaban J connectivity index is 2.19. The van der Waals surface area contributed by atoms with Crippen LogP contribution in [0.1, 0.15) is 17.2 Å². The predicted molar refractivity (Wildman–Crippen MR) is 79.3 cm³/mol. The number of rotatable bonds is 2. The minimum atomic E-state index is -0.648. The Morgan fingerprint density at radius 1 is 1.14 bits per heavy atom. The summed E-state index contributed by atoms with van der Waals surface area (Å²) < 4.78 is 6.29. The molecule has 2 aromatic rings. The van der Waals surface area contributed by atoms with Crippen molar-refractivity contribution in [2.75, 3.05) is 12.4 Å². The molecule has 1 aromatic heterocycles. The number of ether oxygens (including phenoxy) is 1. The minimum Gasteiger partial charge on any atom is -0.497 e. The van der Waals surface area contributed by atoms with Gasteiger partial charge in [0.2, 0.25) is 0 Å². The number of urea groups is 1. The van der Waals surface area contributed by atoms with Gasteiger partial charge in [0.25, 0.3) is 5.56 Å². The number of nitrogens with zero attached hydrogens (tertiary/aromatic N) is 1. The summed E-state index contributed by atoms with van der Waals surface area (Å²) in [7, 11) is 3.03. The Kier molecular flexibility index (Phi) is 3.21. The number of nitrogens with one attached hydrogen (secondary N) is 3. The summed E-state index contributed by atoms with van der Waals surface area (Å²) >= 11 is 0. The van der Waals surface area contributed by atoms with E-state index >= 15 is 0 Å². The Bertz CT molecular complexity index is 851. The first-order chi connectivity index (χ1) is 10.5. The first-order valence-corrected chi connectivity index (χ1v) is 6.56. The van der Waals surface area contributed by atoms with E-state index in [0.29, 0.717) is 11.3 Å². The number of hydrogen-bond donors (Lipinski definition) is 3. The second kappa shape index (κ2) is 5.06. The van der Waals surface area contributed by atoms with Gasteiger partial charge in [0.1, 0.15) is 11.6 Å².